The van der Waals surface area contributed by atoms with Gasteiger partial charge in [0.25, 0.3) is 5.91 Å². The predicted molar refractivity (Wildman–Crippen MR) is 131 cm³/mol. The average molecular weight is 487 g/mol. The van der Waals surface area contributed by atoms with Gasteiger partial charge in [-0.3, -0.25) is 9.59 Å². The Balaban J connectivity index is 1.44. The van der Waals surface area contributed by atoms with Crippen LogP contribution in [-0.4, -0.2) is 60.6 Å². The summed E-state index contributed by atoms with van der Waals surface area (Å²) in [5.41, 5.74) is 2.12. The van der Waals surface area contributed by atoms with Gasteiger partial charge in [0.1, 0.15) is 10.6 Å². The van der Waals surface area contributed by atoms with Crippen LogP contribution in [0.25, 0.3) is 0 Å². The minimum atomic E-state index is -3.81. The highest BCUT2D eigenvalue weighted by atomic mass is 32.2. The number of anilines is 1. The Hall–Kier alpha value is -2.65. The first-order chi connectivity index (χ1) is 16.4. The molecule has 0 unspecified atom stereocenters. The second-order valence-corrected chi connectivity index (χ2v) is 11.1. The minimum absolute atomic E-state index is 0.0723. The summed E-state index contributed by atoms with van der Waals surface area (Å²) in [7, 11) is -3.81. The van der Waals surface area contributed by atoms with Crippen LogP contribution in [0.5, 0.6) is 0 Å². The summed E-state index contributed by atoms with van der Waals surface area (Å²) in [6, 6.07) is 9.10. The number of nitrogens with zero attached hydrogens (tertiary/aromatic N) is 2. The van der Waals surface area contributed by atoms with Gasteiger partial charge >= 0.3 is 0 Å². The Labute approximate surface area is 201 Å². The molecule has 0 bridgehead atoms. The number of hydrogen-bond donors (Lipinski definition) is 2. The van der Waals surface area contributed by atoms with Gasteiger partial charge in [-0.25, -0.2) is 8.42 Å². The van der Waals surface area contributed by atoms with Crippen LogP contribution in [0.2, 0.25) is 0 Å². The Morgan fingerprint density at radius 1 is 1.06 bits per heavy atom. The third kappa shape index (κ3) is 5.36. The van der Waals surface area contributed by atoms with Gasteiger partial charge in [0, 0.05) is 38.1 Å². The number of hydrogen-bond acceptors (Lipinski definition) is 4. The van der Waals surface area contributed by atoms with Gasteiger partial charge in [-0.15, -0.1) is 0 Å². The first kappa shape index (κ1) is 24.5. The molecule has 2 aliphatic heterocycles. The van der Waals surface area contributed by atoms with E-state index in [1.807, 2.05) is 31.2 Å². The number of likely N-dealkylation sites (tertiary alicyclic amines) is 1. The molecule has 1 aromatic carbocycles. The van der Waals surface area contributed by atoms with Crippen molar-refractivity contribution in [3.05, 3.63) is 47.8 Å². The molecule has 184 valence electrons. The van der Waals surface area contributed by atoms with E-state index in [9.17, 15) is 18.0 Å². The van der Waals surface area contributed by atoms with E-state index in [0.29, 0.717) is 38.2 Å². The van der Waals surface area contributed by atoms with Crippen LogP contribution in [0, 0.1) is 5.92 Å². The molecule has 3 heterocycles. The highest BCUT2D eigenvalue weighted by Crippen LogP contribution is 2.26. The largest absolute Gasteiger partial charge is 0.356 e. The van der Waals surface area contributed by atoms with Crippen molar-refractivity contribution in [1.82, 2.24) is 14.2 Å². The van der Waals surface area contributed by atoms with E-state index >= 15 is 0 Å². The third-order valence-corrected chi connectivity index (χ3v) is 8.67. The van der Waals surface area contributed by atoms with Gasteiger partial charge < -0.3 is 15.2 Å². The first-order valence-electron chi connectivity index (χ1n) is 12.3. The van der Waals surface area contributed by atoms with Gasteiger partial charge in [0.05, 0.1) is 5.92 Å². The Morgan fingerprint density at radius 3 is 2.53 bits per heavy atom. The molecule has 2 aromatic rings. The molecule has 4 rings (SSSR count). The van der Waals surface area contributed by atoms with Crippen LogP contribution in [0.1, 0.15) is 61.5 Å². The number of aromatic nitrogens is 1. The standard InChI is InChI=1S/C25H34N4O4S/c1-2-19-10-5-6-12-22(19)27-24(30)20-11-9-15-29(18-20)34(32,33)21-16-23(26-17-21)25(31)28-13-7-3-4-8-14-28/h5-6,10,12,16-17,20,26H,2-4,7-9,11,13-15,18H2,1H3,(H,27,30)/t20-/m0/s1. The van der Waals surface area contributed by atoms with E-state index < -0.39 is 15.9 Å². The molecule has 2 amide bonds. The summed E-state index contributed by atoms with van der Waals surface area (Å²) in [5.74, 6) is -0.744. The first-order valence-corrected chi connectivity index (χ1v) is 13.7. The molecular weight excluding hydrogens is 452 g/mol. The lowest BCUT2D eigenvalue weighted by molar-refractivity contribution is -0.120. The SMILES string of the molecule is CCc1ccccc1NC(=O)[C@H]1CCCN(S(=O)(=O)c2c[nH]c(C(=O)N3CCCCCC3)c2)C1. The number of sulfonamides is 1. The molecule has 1 aromatic heterocycles. The molecule has 2 fully saturated rings. The van der Waals surface area contributed by atoms with E-state index in [-0.39, 0.29) is 23.3 Å². The summed E-state index contributed by atoms with van der Waals surface area (Å²) >= 11 is 0. The quantitative estimate of drug-likeness (QED) is 0.651. The second-order valence-electron chi connectivity index (χ2n) is 9.16. The summed E-state index contributed by atoms with van der Waals surface area (Å²) in [6.45, 7) is 3.91. The highest BCUT2D eigenvalue weighted by molar-refractivity contribution is 7.89. The summed E-state index contributed by atoms with van der Waals surface area (Å²) < 4.78 is 28.0. The lowest BCUT2D eigenvalue weighted by Crippen LogP contribution is -2.43. The number of benzene rings is 1. The maximum Gasteiger partial charge on any atom is 0.270 e. The number of nitrogens with one attached hydrogen (secondary N) is 2. The predicted octanol–water partition coefficient (Wildman–Crippen LogP) is 3.63. The van der Waals surface area contributed by atoms with Gasteiger partial charge in [-0.2, -0.15) is 4.31 Å². The molecular formula is C25H34N4O4S. The zero-order valence-corrected chi connectivity index (χ0v) is 20.6. The number of para-hydroxylation sites is 1. The monoisotopic (exact) mass is 486 g/mol. The third-order valence-electron chi connectivity index (χ3n) is 6.83. The van der Waals surface area contributed by atoms with Crippen molar-refractivity contribution in [3.8, 4) is 0 Å². The van der Waals surface area contributed by atoms with Crippen molar-refractivity contribution in [2.75, 3.05) is 31.5 Å². The van der Waals surface area contributed by atoms with Crippen LogP contribution >= 0.6 is 0 Å². The van der Waals surface area contributed by atoms with Crippen molar-refractivity contribution in [2.45, 2.75) is 56.8 Å². The number of aromatic amines is 1. The molecule has 9 heteroatoms. The zero-order chi connectivity index (χ0) is 24.1. The van der Waals surface area contributed by atoms with E-state index in [1.54, 1.807) is 4.90 Å². The summed E-state index contributed by atoms with van der Waals surface area (Å²) in [4.78, 5) is 30.6. The van der Waals surface area contributed by atoms with Crippen LogP contribution < -0.4 is 5.32 Å². The lowest BCUT2D eigenvalue weighted by atomic mass is 9.98. The number of aryl methyl sites for hydroxylation is 1. The molecule has 0 aliphatic carbocycles. The van der Waals surface area contributed by atoms with E-state index in [0.717, 1.165) is 43.4 Å². The number of piperidine rings is 1. The molecule has 2 N–H and O–H groups in total. The molecule has 1 atom stereocenters. The highest BCUT2D eigenvalue weighted by Gasteiger charge is 2.34. The smallest absolute Gasteiger partial charge is 0.270 e. The number of H-pyrrole nitrogens is 1. The molecule has 2 saturated heterocycles. The maximum atomic E-state index is 13.3. The number of carbonyl (C=O) groups is 2. The van der Waals surface area contributed by atoms with Gasteiger partial charge in [-0.05, 0) is 49.8 Å². The van der Waals surface area contributed by atoms with Crippen molar-refractivity contribution < 1.29 is 18.0 Å². The van der Waals surface area contributed by atoms with Crippen LogP contribution in [0.15, 0.2) is 41.4 Å². The second kappa shape index (κ2) is 10.7. The van der Waals surface area contributed by atoms with Gasteiger partial charge in [-0.1, -0.05) is 38.0 Å². The summed E-state index contributed by atoms with van der Waals surface area (Å²) in [5, 5.41) is 2.99. The van der Waals surface area contributed by atoms with Crippen molar-refractivity contribution in [1.29, 1.82) is 0 Å². The Kier molecular flexibility index (Phi) is 7.73. The summed E-state index contributed by atoms with van der Waals surface area (Å²) in [6.07, 6.45) is 7.60. The molecule has 34 heavy (non-hydrogen) atoms. The fourth-order valence-electron chi connectivity index (χ4n) is 4.80. The molecule has 8 nitrogen and oxygen atoms in total. The van der Waals surface area contributed by atoms with E-state index in [1.165, 1.54) is 16.6 Å². The van der Waals surface area contributed by atoms with Crippen LogP contribution in [0.4, 0.5) is 5.69 Å². The van der Waals surface area contributed by atoms with Crippen LogP contribution in [0.3, 0.4) is 0 Å². The Morgan fingerprint density at radius 2 is 1.79 bits per heavy atom. The normalized spacial score (nSPS) is 20.0. The minimum Gasteiger partial charge on any atom is -0.356 e. The van der Waals surface area contributed by atoms with Crippen molar-refractivity contribution >= 4 is 27.5 Å². The average Bonchev–Trinajstić information content (AvgIpc) is 3.21. The zero-order valence-electron chi connectivity index (χ0n) is 19.8. The fraction of sp³-hybridized carbons (Fsp3) is 0.520. The molecule has 2 aliphatic rings. The topological polar surface area (TPSA) is 103 Å². The Bertz CT molecular complexity index is 1120. The molecule has 0 spiro atoms. The fourth-order valence-corrected chi connectivity index (χ4v) is 6.32. The van der Waals surface area contributed by atoms with Gasteiger partial charge in [0.2, 0.25) is 15.9 Å². The lowest BCUT2D eigenvalue weighted by Gasteiger charge is -2.31. The van der Waals surface area contributed by atoms with E-state index in [4.69, 9.17) is 0 Å². The van der Waals surface area contributed by atoms with Crippen molar-refractivity contribution in [3.63, 3.8) is 0 Å². The molecule has 0 saturated carbocycles. The number of rotatable bonds is 6. The molecule has 0 radical (unpaired) electrons. The van der Waals surface area contributed by atoms with Crippen molar-refractivity contribution in [2.24, 2.45) is 5.92 Å². The van der Waals surface area contributed by atoms with Crippen LogP contribution in [-0.2, 0) is 21.2 Å². The van der Waals surface area contributed by atoms with Gasteiger partial charge in [0.15, 0.2) is 0 Å². The maximum absolute atomic E-state index is 13.3. The number of carbonyl (C=O) groups excluding carboxylic acids is 2. The number of amides is 2. The van der Waals surface area contributed by atoms with E-state index in [2.05, 4.69) is 10.3 Å².